The number of carbonyl (C=O) groups is 1. The lowest BCUT2D eigenvalue weighted by Gasteiger charge is -2.34. The Labute approximate surface area is 221 Å². The van der Waals surface area contributed by atoms with E-state index in [1.54, 1.807) is 40.7 Å². The van der Waals surface area contributed by atoms with Crippen molar-refractivity contribution in [2.24, 2.45) is 17.8 Å². The van der Waals surface area contributed by atoms with E-state index < -0.39 is 20.0 Å². The minimum absolute atomic E-state index is 0.0446. The lowest BCUT2D eigenvalue weighted by Crippen LogP contribution is -2.42. The van der Waals surface area contributed by atoms with Gasteiger partial charge in [0.2, 0.25) is 20.0 Å². The van der Waals surface area contributed by atoms with Crippen LogP contribution in [0.1, 0.15) is 50.4 Å². The van der Waals surface area contributed by atoms with E-state index in [0.29, 0.717) is 43.3 Å². The van der Waals surface area contributed by atoms with Gasteiger partial charge in [0.1, 0.15) is 0 Å². The van der Waals surface area contributed by atoms with Gasteiger partial charge >= 0.3 is 0 Å². The van der Waals surface area contributed by atoms with Crippen LogP contribution in [0.4, 0.5) is 5.69 Å². The average Bonchev–Trinajstić information content (AvgIpc) is 2.87. The maximum Gasteiger partial charge on any atom is 0.243 e. The summed E-state index contributed by atoms with van der Waals surface area (Å²) in [5, 5.41) is 3.02. The van der Waals surface area contributed by atoms with Crippen LogP contribution < -0.4 is 5.32 Å². The first-order chi connectivity index (χ1) is 17.5. The summed E-state index contributed by atoms with van der Waals surface area (Å²) < 4.78 is 55.4. The van der Waals surface area contributed by atoms with Crippen LogP contribution in [0, 0.1) is 17.8 Å². The van der Waals surface area contributed by atoms with Gasteiger partial charge in [-0.05, 0) is 73.4 Å². The fourth-order valence-electron chi connectivity index (χ4n) is 5.32. The van der Waals surface area contributed by atoms with E-state index in [1.807, 2.05) is 0 Å². The highest BCUT2D eigenvalue weighted by Crippen LogP contribution is 2.27. The molecule has 8 nitrogen and oxygen atoms in total. The van der Waals surface area contributed by atoms with E-state index >= 15 is 0 Å². The SMILES string of the molecule is CC1CCCN(S(=O)(=O)c2ccc(NCC(=O)c3cccc(S(=O)(=O)N4CC(C)CC(C)C4)c3)cc2)C1. The van der Waals surface area contributed by atoms with E-state index in [-0.39, 0.29) is 34.0 Å². The lowest BCUT2D eigenvalue weighted by molar-refractivity contribution is 0.101. The molecule has 2 aromatic rings. The van der Waals surface area contributed by atoms with Gasteiger partial charge in [-0.15, -0.1) is 0 Å². The molecule has 2 saturated heterocycles. The number of nitrogens with zero attached hydrogens (tertiary/aromatic N) is 2. The topological polar surface area (TPSA) is 104 Å². The fraction of sp³-hybridized carbons (Fsp3) is 0.519. The second-order valence-corrected chi connectivity index (χ2v) is 14.6. The van der Waals surface area contributed by atoms with Crippen molar-refractivity contribution in [2.45, 2.75) is 49.8 Å². The van der Waals surface area contributed by atoms with Crippen molar-refractivity contribution in [1.29, 1.82) is 0 Å². The van der Waals surface area contributed by atoms with Crippen LogP contribution >= 0.6 is 0 Å². The number of piperidine rings is 2. The van der Waals surface area contributed by atoms with Gasteiger partial charge in [-0.3, -0.25) is 4.79 Å². The molecule has 0 aliphatic carbocycles. The van der Waals surface area contributed by atoms with Crippen LogP contribution in [0.25, 0.3) is 0 Å². The first-order valence-corrected chi connectivity index (χ1v) is 15.8. The minimum atomic E-state index is -3.68. The van der Waals surface area contributed by atoms with Crippen molar-refractivity contribution in [3.63, 3.8) is 0 Å². The summed E-state index contributed by atoms with van der Waals surface area (Å²) >= 11 is 0. The number of rotatable bonds is 8. The molecule has 3 unspecified atom stereocenters. The zero-order valence-electron chi connectivity index (χ0n) is 21.8. The van der Waals surface area contributed by atoms with Gasteiger partial charge in [0.15, 0.2) is 5.78 Å². The summed E-state index contributed by atoms with van der Waals surface area (Å²) in [6, 6.07) is 12.6. The van der Waals surface area contributed by atoms with Gasteiger partial charge < -0.3 is 5.32 Å². The highest BCUT2D eigenvalue weighted by molar-refractivity contribution is 7.89. The average molecular weight is 548 g/mol. The number of nitrogens with one attached hydrogen (secondary N) is 1. The summed E-state index contributed by atoms with van der Waals surface area (Å²) in [6.45, 7) is 8.15. The van der Waals surface area contributed by atoms with Crippen molar-refractivity contribution in [3.8, 4) is 0 Å². The van der Waals surface area contributed by atoms with Crippen molar-refractivity contribution in [3.05, 3.63) is 54.1 Å². The van der Waals surface area contributed by atoms with Crippen LogP contribution in [-0.2, 0) is 20.0 Å². The Morgan fingerprint density at radius 1 is 0.838 bits per heavy atom. The molecule has 1 N–H and O–H groups in total. The highest BCUT2D eigenvalue weighted by Gasteiger charge is 2.32. The number of ketones is 1. The number of carbonyl (C=O) groups excluding carboxylic acids is 1. The molecule has 0 saturated carbocycles. The number of anilines is 1. The summed E-state index contributed by atoms with van der Waals surface area (Å²) in [5.74, 6) is 0.669. The normalized spacial score (nSPS) is 24.0. The first kappa shape index (κ1) is 27.8. The van der Waals surface area contributed by atoms with Crippen molar-refractivity contribution < 1.29 is 21.6 Å². The Kier molecular flexibility index (Phi) is 8.42. The summed E-state index contributed by atoms with van der Waals surface area (Å²) in [7, 11) is -7.23. The van der Waals surface area contributed by atoms with E-state index in [2.05, 4.69) is 26.1 Å². The molecule has 2 fully saturated rings. The number of benzene rings is 2. The molecular weight excluding hydrogens is 510 g/mol. The van der Waals surface area contributed by atoms with Crippen molar-refractivity contribution >= 4 is 31.5 Å². The fourth-order valence-corrected chi connectivity index (χ4v) is 8.65. The van der Waals surface area contributed by atoms with Crippen LogP contribution in [0.2, 0.25) is 0 Å². The van der Waals surface area contributed by atoms with E-state index in [0.717, 1.165) is 19.3 Å². The van der Waals surface area contributed by atoms with E-state index in [4.69, 9.17) is 0 Å². The largest absolute Gasteiger partial charge is 0.378 e. The van der Waals surface area contributed by atoms with Gasteiger partial charge in [0, 0.05) is 37.4 Å². The summed E-state index contributed by atoms with van der Waals surface area (Å²) in [4.78, 5) is 13.2. The molecular formula is C27H37N3O5S2. The third-order valence-electron chi connectivity index (χ3n) is 7.19. The predicted molar refractivity (Wildman–Crippen MR) is 145 cm³/mol. The number of hydrogen-bond donors (Lipinski definition) is 1. The molecule has 0 bridgehead atoms. The molecule has 2 aliphatic heterocycles. The molecule has 0 amide bonds. The van der Waals surface area contributed by atoms with Crippen LogP contribution in [0.3, 0.4) is 0 Å². The third-order valence-corrected chi connectivity index (χ3v) is 10.9. The molecule has 2 aliphatic rings. The van der Waals surface area contributed by atoms with Gasteiger partial charge in [-0.1, -0.05) is 32.9 Å². The molecule has 0 aromatic heterocycles. The third kappa shape index (κ3) is 6.42. The smallest absolute Gasteiger partial charge is 0.243 e. The Bertz CT molecular complexity index is 1320. The van der Waals surface area contributed by atoms with E-state index in [1.165, 1.54) is 16.4 Å². The summed E-state index contributed by atoms with van der Waals surface area (Å²) in [5.41, 5.74) is 0.921. The lowest BCUT2D eigenvalue weighted by atomic mass is 9.94. The van der Waals surface area contributed by atoms with E-state index in [9.17, 15) is 21.6 Å². The molecule has 4 rings (SSSR count). The second kappa shape index (κ2) is 11.2. The van der Waals surface area contributed by atoms with Gasteiger partial charge in [0.25, 0.3) is 0 Å². The maximum absolute atomic E-state index is 13.2. The molecule has 37 heavy (non-hydrogen) atoms. The monoisotopic (exact) mass is 547 g/mol. The van der Waals surface area contributed by atoms with Gasteiger partial charge in [-0.2, -0.15) is 8.61 Å². The van der Waals surface area contributed by atoms with Crippen molar-refractivity contribution in [1.82, 2.24) is 8.61 Å². The molecule has 0 radical (unpaired) electrons. The van der Waals surface area contributed by atoms with Gasteiger partial charge in [0.05, 0.1) is 16.3 Å². The second-order valence-electron chi connectivity index (χ2n) is 10.7. The standard InChI is InChI=1S/C27H37N3O5S2/c1-20-6-5-13-29(17-20)36(32,33)25-11-9-24(10-12-25)28-16-27(31)23-7-4-8-26(15-23)37(34,35)30-18-21(2)14-22(3)19-30/h4,7-12,15,20-22,28H,5-6,13-14,16-19H2,1-3H3. The summed E-state index contributed by atoms with van der Waals surface area (Å²) in [6.07, 6.45) is 2.90. The quantitative estimate of drug-likeness (QED) is 0.500. The molecule has 2 aromatic carbocycles. The Morgan fingerprint density at radius 3 is 2.11 bits per heavy atom. The van der Waals surface area contributed by atoms with Crippen LogP contribution in [0.5, 0.6) is 0 Å². The molecule has 202 valence electrons. The Morgan fingerprint density at radius 2 is 1.46 bits per heavy atom. The highest BCUT2D eigenvalue weighted by atomic mass is 32.2. The molecule has 3 atom stereocenters. The molecule has 0 spiro atoms. The first-order valence-electron chi connectivity index (χ1n) is 12.9. The predicted octanol–water partition coefficient (Wildman–Crippen LogP) is 4.07. The molecule has 10 heteroatoms. The Hall–Kier alpha value is -2.27. The number of Topliss-reactive ketones (excluding diaryl/α,β-unsaturated/α-hetero) is 1. The molecule has 2 heterocycles. The van der Waals surface area contributed by atoms with Crippen LogP contribution in [0.15, 0.2) is 58.3 Å². The maximum atomic E-state index is 13.2. The van der Waals surface area contributed by atoms with Crippen molar-refractivity contribution in [2.75, 3.05) is 38.0 Å². The van der Waals surface area contributed by atoms with Gasteiger partial charge in [-0.25, -0.2) is 16.8 Å². The minimum Gasteiger partial charge on any atom is -0.378 e. The van der Waals surface area contributed by atoms with Crippen LogP contribution in [-0.4, -0.2) is 64.0 Å². The zero-order valence-corrected chi connectivity index (χ0v) is 23.4. The number of sulfonamides is 2. The zero-order chi connectivity index (χ0) is 26.8. The number of hydrogen-bond acceptors (Lipinski definition) is 6. The Balaban J connectivity index is 1.40.